The molecule has 0 aliphatic heterocycles. The molecule has 0 aliphatic rings. The van der Waals surface area contributed by atoms with Crippen LogP contribution in [0.5, 0.6) is 0 Å². The lowest BCUT2D eigenvalue weighted by Gasteiger charge is -2.21. The minimum atomic E-state index is 0.463. The highest BCUT2D eigenvalue weighted by Crippen LogP contribution is 2.26. The van der Waals surface area contributed by atoms with Crippen LogP contribution in [0, 0.1) is 5.41 Å². The van der Waals surface area contributed by atoms with Crippen molar-refractivity contribution in [1.29, 1.82) is 0 Å². The summed E-state index contributed by atoms with van der Waals surface area (Å²) in [6.45, 7) is 12.3. The van der Waals surface area contributed by atoms with E-state index in [1.807, 2.05) is 31.7 Å². The van der Waals surface area contributed by atoms with Gasteiger partial charge in [0, 0.05) is 0 Å². The van der Waals surface area contributed by atoms with Gasteiger partial charge in [0.25, 0.3) is 0 Å². The van der Waals surface area contributed by atoms with E-state index in [2.05, 4.69) is 26.7 Å². The van der Waals surface area contributed by atoms with Crippen molar-refractivity contribution in [2.45, 2.75) is 40.5 Å². The average molecular weight is 188 g/mol. The van der Waals surface area contributed by atoms with E-state index in [-0.39, 0.29) is 0 Å². The highest BCUT2D eigenvalue weighted by Gasteiger charge is 2.14. The quantitative estimate of drug-likeness (QED) is 0.577. The minimum Gasteiger partial charge on any atom is -0.165 e. The summed E-state index contributed by atoms with van der Waals surface area (Å²) < 4.78 is 0. The zero-order valence-corrected chi connectivity index (χ0v) is 10.1. The van der Waals surface area contributed by atoms with Gasteiger partial charge in [0.05, 0.1) is 0 Å². The third-order valence-electron chi connectivity index (χ3n) is 1.68. The van der Waals surface area contributed by atoms with E-state index < -0.39 is 0 Å². The molecule has 0 aromatic carbocycles. The molecule has 0 rings (SSSR count). The van der Waals surface area contributed by atoms with Crippen molar-refractivity contribution in [3.63, 3.8) is 0 Å². The topological polar surface area (TPSA) is 0 Å². The Bertz CT molecular complexity index is 95.2. The highest BCUT2D eigenvalue weighted by molar-refractivity contribution is 7.98. The lowest BCUT2D eigenvalue weighted by Crippen LogP contribution is -2.10. The van der Waals surface area contributed by atoms with Gasteiger partial charge < -0.3 is 0 Å². The van der Waals surface area contributed by atoms with Crippen LogP contribution in [-0.4, -0.2) is 12.0 Å². The summed E-state index contributed by atoms with van der Waals surface area (Å²) in [6.07, 6.45) is 6.60. The molecule has 74 valence electrons. The highest BCUT2D eigenvalue weighted by atomic mass is 32.2. The van der Waals surface area contributed by atoms with E-state index in [1.54, 1.807) is 0 Å². The van der Waals surface area contributed by atoms with Gasteiger partial charge in [0.2, 0.25) is 0 Å². The van der Waals surface area contributed by atoms with Crippen LogP contribution in [0.25, 0.3) is 0 Å². The normalized spacial score (nSPS) is 10.1. The number of hydrogen-bond acceptors (Lipinski definition) is 1. The number of allylic oxidation sites excluding steroid dienone is 1. The van der Waals surface area contributed by atoms with Crippen LogP contribution in [0.15, 0.2) is 12.7 Å². The Morgan fingerprint density at radius 2 is 1.83 bits per heavy atom. The second-order valence-corrected chi connectivity index (χ2v) is 4.39. The van der Waals surface area contributed by atoms with Crippen molar-refractivity contribution in [2.75, 3.05) is 12.0 Å². The summed E-state index contributed by atoms with van der Waals surface area (Å²) in [5, 5.41) is 0. The van der Waals surface area contributed by atoms with E-state index in [1.165, 1.54) is 12.2 Å². The van der Waals surface area contributed by atoms with E-state index in [0.29, 0.717) is 5.41 Å². The SMILES string of the molecule is C=CCC(C)(C)CCSC.CC. The van der Waals surface area contributed by atoms with Crippen LogP contribution in [-0.2, 0) is 0 Å². The fraction of sp³-hybridized carbons (Fsp3) is 0.818. The summed E-state index contributed by atoms with van der Waals surface area (Å²) in [7, 11) is 0. The number of hydrogen-bond donors (Lipinski definition) is 0. The summed E-state index contributed by atoms with van der Waals surface area (Å²) in [5.41, 5.74) is 0.463. The van der Waals surface area contributed by atoms with Gasteiger partial charge in [-0.3, -0.25) is 0 Å². The molecular formula is C11H24S. The Morgan fingerprint density at radius 1 is 1.33 bits per heavy atom. The molecule has 12 heavy (non-hydrogen) atoms. The van der Waals surface area contributed by atoms with Crippen LogP contribution < -0.4 is 0 Å². The van der Waals surface area contributed by atoms with E-state index >= 15 is 0 Å². The molecule has 0 atom stereocenters. The average Bonchev–Trinajstić information content (AvgIpc) is 2.05. The van der Waals surface area contributed by atoms with Crippen molar-refractivity contribution >= 4 is 11.8 Å². The smallest absolute Gasteiger partial charge is 0.00651 e. The molecule has 0 fully saturated rings. The molecule has 0 amide bonds. The Kier molecular flexibility index (Phi) is 11.2. The second-order valence-electron chi connectivity index (χ2n) is 3.40. The molecule has 0 spiro atoms. The Balaban J connectivity index is 0. The first-order valence-corrected chi connectivity index (χ1v) is 6.11. The van der Waals surface area contributed by atoms with Gasteiger partial charge in [0.15, 0.2) is 0 Å². The van der Waals surface area contributed by atoms with Crippen molar-refractivity contribution in [3.8, 4) is 0 Å². The van der Waals surface area contributed by atoms with Crippen LogP contribution in [0.2, 0.25) is 0 Å². The van der Waals surface area contributed by atoms with Crippen LogP contribution in [0.1, 0.15) is 40.5 Å². The molecule has 0 saturated carbocycles. The zero-order chi connectivity index (χ0) is 10.0. The zero-order valence-electron chi connectivity index (χ0n) is 9.31. The first kappa shape index (κ1) is 14.6. The van der Waals surface area contributed by atoms with E-state index in [0.717, 1.165) is 6.42 Å². The van der Waals surface area contributed by atoms with Crippen LogP contribution in [0.3, 0.4) is 0 Å². The van der Waals surface area contributed by atoms with Gasteiger partial charge in [-0.2, -0.15) is 11.8 Å². The molecule has 0 saturated heterocycles. The summed E-state index contributed by atoms with van der Waals surface area (Å²) >= 11 is 1.92. The maximum atomic E-state index is 3.75. The molecule has 0 radical (unpaired) electrons. The monoisotopic (exact) mass is 188 g/mol. The minimum absolute atomic E-state index is 0.463. The van der Waals surface area contributed by atoms with Crippen LogP contribution in [0.4, 0.5) is 0 Å². The second kappa shape index (κ2) is 9.18. The molecule has 1 heteroatoms. The Hall–Kier alpha value is 0.0900. The molecule has 0 aromatic rings. The predicted molar refractivity (Wildman–Crippen MR) is 62.9 cm³/mol. The summed E-state index contributed by atoms with van der Waals surface area (Å²) in [5.74, 6) is 1.26. The van der Waals surface area contributed by atoms with Crippen molar-refractivity contribution in [2.24, 2.45) is 5.41 Å². The largest absolute Gasteiger partial charge is 0.165 e. The maximum Gasteiger partial charge on any atom is -0.00651 e. The Labute approximate surface area is 82.8 Å². The molecule has 0 aromatic heterocycles. The van der Waals surface area contributed by atoms with Crippen LogP contribution >= 0.6 is 11.8 Å². The van der Waals surface area contributed by atoms with Gasteiger partial charge >= 0.3 is 0 Å². The van der Waals surface area contributed by atoms with Crippen molar-refractivity contribution in [1.82, 2.24) is 0 Å². The summed E-state index contributed by atoms with van der Waals surface area (Å²) in [4.78, 5) is 0. The molecule has 0 unspecified atom stereocenters. The maximum absolute atomic E-state index is 3.75. The van der Waals surface area contributed by atoms with E-state index in [4.69, 9.17) is 0 Å². The van der Waals surface area contributed by atoms with Gasteiger partial charge in [0.1, 0.15) is 0 Å². The first-order chi connectivity index (χ1) is 5.62. The molecule has 0 heterocycles. The fourth-order valence-electron chi connectivity index (χ4n) is 0.871. The third kappa shape index (κ3) is 10.1. The predicted octanol–water partition coefficient (Wildman–Crippen LogP) is 4.37. The molecule has 0 aliphatic carbocycles. The van der Waals surface area contributed by atoms with Crippen molar-refractivity contribution in [3.05, 3.63) is 12.7 Å². The first-order valence-electron chi connectivity index (χ1n) is 4.72. The number of thioether (sulfide) groups is 1. The summed E-state index contributed by atoms with van der Waals surface area (Å²) in [6, 6.07) is 0. The molecular weight excluding hydrogens is 164 g/mol. The Morgan fingerprint density at radius 3 is 2.17 bits per heavy atom. The lowest BCUT2D eigenvalue weighted by molar-refractivity contribution is 0.360. The fourth-order valence-corrected chi connectivity index (χ4v) is 1.63. The van der Waals surface area contributed by atoms with Gasteiger partial charge in [-0.15, -0.1) is 6.58 Å². The third-order valence-corrected chi connectivity index (χ3v) is 2.29. The van der Waals surface area contributed by atoms with Crippen molar-refractivity contribution < 1.29 is 0 Å². The number of rotatable bonds is 5. The van der Waals surface area contributed by atoms with E-state index in [9.17, 15) is 0 Å². The lowest BCUT2D eigenvalue weighted by atomic mass is 9.87. The van der Waals surface area contributed by atoms with Gasteiger partial charge in [-0.05, 0) is 30.3 Å². The standard InChI is InChI=1S/C9H18S.C2H6/c1-5-6-9(2,3)7-8-10-4;1-2/h5H,1,6-8H2,2-4H3;1-2H3. The van der Waals surface area contributed by atoms with Gasteiger partial charge in [-0.1, -0.05) is 33.8 Å². The molecule has 0 bridgehead atoms. The molecule has 0 N–H and O–H groups in total. The van der Waals surface area contributed by atoms with Gasteiger partial charge in [-0.25, -0.2) is 0 Å². The molecule has 0 nitrogen and oxygen atoms in total.